The third-order valence-electron chi connectivity index (χ3n) is 2.37. The number of anilines is 2. The summed E-state index contributed by atoms with van der Waals surface area (Å²) in [5.74, 6) is -1.06. The molecule has 1 aromatic carbocycles. The predicted octanol–water partition coefficient (Wildman–Crippen LogP) is 2.55. The quantitative estimate of drug-likeness (QED) is 0.890. The summed E-state index contributed by atoms with van der Waals surface area (Å²) in [5.41, 5.74) is 6.06. The molecule has 1 aromatic heterocycles. The van der Waals surface area contributed by atoms with Gasteiger partial charge in [0.25, 0.3) is 0 Å². The number of amides is 1. The first-order chi connectivity index (χ1) is 9.16. The number of aromatic nitrogens is 1. The van der Waals surface area contributed by atoms with Gasteiger partial charge in [-0.3, -0.25) is 5.32 Å². The minimum absolute atomic E-state index is 0.0643. The molecule has 0 fully saturated rings. The van der Waals surface area contributed by atoms with Crippen LogP contribution < -0.4 is 11.1 Å². The molecule has 19 heavy (non-hydrogen) atoms. The van der Waals surface area contributed by atoms with Gasteiger partial charge in [0, 0.05) is 6.20 Å². The fourth-order valence-corrected chi connectivity index (χ4v) is 1.43. The van der Waals surface area contributed by atoms with Crippen molar-refractivity contribution in [1.29, 1.82) is 0 Å². The van der Waals surface area contributed by atoms with Crippen LogP contribution in [0.1, 0.15) is 5.56 Å². The highest BCUT2D eigenvalue weighted by atomic mass is 19.1. The van der Waals surface area contributed by atoms with Gasteiger partial charge in [0.1, 0.15) is 6.61 Å². The summed E-state index contributed by atoms with van der Waals surface area (Å²) in [6, 6.07) is 10.5. The first-order valence-corrected chi connectivity index (χ1v) is 5.54. The molecule has 1 heterocycles. The van der Waals surface area contributed by atoms with E-state index in [2.05, 4.69) is 10.3 Å². The van der Waals surface area contributed by atoms with E-state index in [0.717, 1.165) is 5.56 Å². The van der Waals surface area contributed by atoms with Crippen LogP contribution >= 0.6 is 0 Å². The molecular weight excluding hydrogens is 249 g/mol. The van der Waals surface area contributed by atoms with Crippen molar-refractivity contribution in [3.63, 3.8) is 0 Å². The van der Waals surface area contributed by atoms with Crippen molar-refractivity contribution in [2.45, 2.75) is 6.61 Å². The molecule has 0 saturated carbocycles. The van der Waals surface area contributed by atoms with Gasteiger partial charge in [-0.05, 0) is 11.6 Å². The second-order valence-electron chi connectivity index (χ2n) is 3.74. The van der Waals surface area contributed by atoms with E-state index in [-0.39, 0.29) is 18.1 Å². The molecule has 1 amide bonds. The first kappa shape index (κ1) is 12.8. The van der Waals surface area contributed by atoms with E-state index in [1.165, 1.54) is 12.3 Å². The van der Waals surface area contributed by atoms with Crippen molar-refractivity contribution in [1.82, 2.24) is 4.98 Å². The molecule has 5 nitrogen and oxygen atoms in total. The number of pyridine rings is 1. The van der Waals surface area contributed by atoms with Crippen molar-refractivity contribution in [3.05, 3.63) is 54.0 Å². The lowest BCUT2D eigenvalue weighted by molar-refractivity contribution is 0.155. The number of halogens is 1. The lowest BCUT2D eigenvalue weighted by atomic mass is 10.2. The van der Waals surface area contributed by atoms with Crippen molar-refractivity contribution >= 4 is 17.6 Å². The van der Waals surface area contributed by atoms with Gasteiger partial charge in [0.05, 0.1) is 5.69 Å². The van der Waals surface area contributed by atoms with Gasteiger partial charge in [-0.15, -0.1) is 0 Å². The van der Waals surface area contributed by atoms with Crippen LogP contribution in [0.25, 0.3) is 0 Å². The number of nitrogens with one attached hydrogen (secondary N) is 1. The summed E-state index contributed by atoms with van der Waals surface area (Å²) in [7, 11) is 0. The molecule has 0 unspecified atom stereocenters. The average molecular weight is 261 g/mol. The second kappa shape index (κ2) is 5.81. The van der Waals surface area contributed by atoms with E-state index >= 15 is 0 Å². The molecule has 0 radical (unpaired) electrons. The molecule has 98 valence electrons. The normalized spacial score (nSPS) is 9.95. The van der Waals surface area contributed by atoms with Crippen molar-refractivity contribution < 1.29 is 13.9 Å². The number of rotatable bonds is 3. The first-order valence-electron chi connectivity index (χ1n) is 5.54. The number of benzene rings is 1. The van der Waals surface area contributed by atoms with E-state index in [0.29, 0.717) is 0 Å². The van der Waals surface area contributed by atoms with Gasteiger partial charge >= 0.3 is 6.09 Å². The summed E-state index contributed by atoms with van der Waals surface area (Å²) in [5, 5.41) is 2.27. The molecular formula is C13H12FN3O2. The number of nitrogen functional groups attached to an aromatic ring is 1. The summed E-state index contributed by atoms with van der Waals surface area (Å²) < 4.78 is 18.4. The van der Waals surface area contributed by atoms with E-state index in [9.17, 15) is 9.18 Å². The molecule has 0 aliphatic heterocycles. The SMILES string of the molecule is Nc1nccc(NC(=O)OCc2ccccc2)c1F. The molecule has 2 rings (SSSR count). The Labute approximate surface area is 109 Å². The zero-order valence-electron chi connectivity index (χ0n) is 9.97. The number of nitrogens with zero attached hydrogens (tertiary/aromatic N) is 1. The summed E-state index contributed by atoms with van der Waals surface area (Å²) in [6.45, 7) is 0.106. The molecule has 0 spiro atoms. The van der Waals surface area contributed by atoms with Crippen LogP contribution in [0.4, 0.5) is 20.7 Å². The van der Waals surface area contributed by atoms with E-state index in [1.54, 1.807) is 0 Å². The maximum absolute atomic E-state index is 13.5. The number of ether oxygens (including phenoxy) is 1. The highest BCUT2D eigenvalue weighted by molar-refractivity contribution is 5.85. The predicted molar refractivity (Wildman–Crippen MR) is 68.9 cm³/mol. The fraction of sp³-hybridized carbons (Fsp3) is 0.0769. The van der Waals surface area contributed by atoms with E-state index in [4.69, 9.17) is 10.5 Å². The zero-order chi connectivity index (χ0) is 13.7. The Kier molecular flexibility index (Phi) is 3.92. The van der Waals surface area contributed by atoms with Gasteiger partial charge in [-0.2, -0.15) is 0 Å². The summed E-state index contributed by atoms with van der Waals surface area (Å²) in [6.07, 6.45) is 0.541. The third-order valence-corrected chi connectivity index (χ3v) is 2.37. The highest BCUT2D eigenvalue weighted by Crippen LogP contribution is 2.17. The number of hydrogen-bond acceptors (Lipinski definition) is 4. The highest BCUT2D eigenvalue weighted by Gasteiger charge is 2.10. The Bertz CT molecular complexity index is 575. The number of carbonyl (C=O) groups is 1. The Morgan fingerprint density at radius 1 is 1.32 bits per heavy atom. The Morgan fingerprint density at radius 3 is 2.79 bits per heavy atom. The monoisotopic (exact) mass is 261 g/mol. The molecule has 0 aliphatic rings. The Morgan fingerprint density at radius 2 is 2.05 bits per heavy atom. The van der Waals surface area contributed by atoms with Crippen LogP contribution in [-0.2, 0) is 11.3 Å². The van der Waals surface area contributed by atoms with Crippen LogP contribution in [0, 0.1) is 5.82 Å². The van der Waals surface area contributed by atoms with Crippen molar-refractivity contribution in [2.24, 2.45) is 0 Å². The summed E-state index contributed by atoms with van der Waals surface area (Å²) >= 11 is 0. The lowest BCUT2D eigenvalue weighted by Gasteiger charge is -2.08. The maximum atomic E-state index is 13.5. The smallest absolute Gasteiger partial charge is 0.412 e. The Balaban J connectivity index is 1.93. The zero-order valence-corrected chi connectivity index (χ0v) is 9.97. The third kappa shape index (κ3) is 3.41. The molecule has 6 heteroatoms. The van der Waals surface area contributed by atoms with Gasteiger partial charge in [-0.25, -0.2) is 14.2 Å². The van der Waals surface area contributed by atoms with Crippen molar-refractivity contribution in [3.8, 4) is 0 Å². The number of nitrogens with two attached hydrogens (primary N) is 1. The molecule has 2 aromatic rings. The number of carbonyl (C=O) groups excluding carboxylic acids is 1. The van der Waals surface area contributed by atoms with Crippen LogP contribution in [0.5, 0.6) is 0 Å². The lowest BCUT2D eigenvalue weighted by Crippen LogP contribution is -2.15. The minimum atomic E-state index is -0.779. The standard InChI is InChI=1S/C13H12FN3O2/c14-11-10(6-7-16-12(11)15)17-13(18)19-8-9-4-2-1-3-5-9/h1-7H,8H2,(H3,15,16,17,18). The molecule has 0 bridgehead atoms. The largest absolute Gasteiger partial charge is 0.444 e. The van der Waals surface area contributed by atoms with Gasteiger partial charge in [0.2, 0.25) is 0 Å². The topological polar surface area (TPSA) is 77.2 Å². The molecule has 0 saturated heterocycles. The van der Waals surface area contributed by atoms with Crippen LogP contribution in [0.3, 0.4) is 0 Å². The minimum Gasteiger partial charge on any atom is -0.444 e. The van der Waals surface area contributed by atoms with Crippen LogP contribution in [0.2, 0.25) is 0 Å². The average Bonchev–Trinajstić information content (AvgIpc) is 2.43. The molecule has 3 N–H and O–H groups in total. The molecule has 0 atom stereocenters. The Hall–Kier alpha value is -2.63. The number of hydrogen-bond donors (Lipinski definition) is 2. The summed E-state index contributed by atoms with van der Waals surface area (Å²) in [4.78, 5) is 15.0. The van der Waals surface area contributed by atoms with Gasteiger partial charge in [-0.1, -0.05) is 30.3 Å². The molecule has 0 aliphatic carbocycles. The second-order valence-corrected chi connectivity index (χ2v) is 3.74. The van der Waals surface area contributed by atoms with Crippen molar-refractivity contribution in [2.75, 3.05) is 11.1 Å². The fourth-order valence-electron chi connectivity index (χ4n) is 1.43. The van der Waals surface area contributed by atoms with Crippen LogP contribution in [-0.4, -0.2) is 11.1 Å². The van der Waals surface area contributed by atoms with Crippen LogP contribution in [0.15, 0.2) is 42.6 Å². The van der Waals surface area contributed by atoms with E-state index < -0.39 is 11.9 Å². The maximum Gasteiger partial charge on any atom is 0.412 e. The van der Waals surface area contributed by atoms with Gasteiger partial charge in [0.15, 0.2) is 11.6 Å². The van der Waals surface area contributed by atoms with Gasteiger partial charge < -0.3 is 10.5 Å². The van der Waals surface area contributed by atoms with E-state index in [1.807, 2.05) is 30.3 Å².